The molecule has 0 unspecified atom stereocenters. The second kappa shape index (κ2) is 13.2. The first-order valence-corrected chi connectivity index (χ1v) is 20.4. The highest BCUT2D eigenvalue weighted by Crippen LogP contribution is 2.59. The molecule has 2 heteroatoms. The quantitative estimate of drug-likeness (QED) is 0.164. The normalized spacial score (nSPS) is 12.9. The van der Waals surface area contributed by atoms with E-state index in [2.05, 4.69) is 240 Å². The van der Waals surface area contributed by atoms with E-state index in [4.69, 9.17) is 0 Å². The van der Waals surface area contributed by atoms with Crippen LogP contribution >= 0.6 is 0 Å². The molecule has 1 aliphatic rings. The molecule has 0 amide bonds. The summed E-state index contributed by atoms with van der Waals surface area (Å²) in [6.45, 7) is 0. The van der Waals surface area contributed by atoms with E-state index in [1.165, 1.54) is 76.7 Å². The van der Waals surface area contributed by atoms with Gasteiger partial charge in [0.1, 0.15) is 0 Å². The largest absolute Gasteiger partial charge is 0.310 e. The third-order valence-electron chi connectivity index (χ3n) is 12.6. The number of para-hydroxylation sites is 2. The van der Waals surface area contributed by atoms with Crippen LogP contribution in [0.15, 0.2) is 231 Å². The fourth-order valence-corrected chi connectivity index (χ4v) is 10.1. The fraction of sp³-hybridized carbons (Fsp3) is 0.0175. The second-order valence-corrected chi connectivity index (χ2v) is 15.7. The van der Waals surface area contributed by atoms with Gasteiger partial charge in [0.2, 0.25) is 0 Å². The Bertz CT molecular complexity index is 3340. The van der Waals surface area contributed by atoms with E-state index in [0.29, 0.717) is 0 Å². The zero-order valence-corrected chi connectivity index (χ0v) is 32.3. The molecular formula is C57H38N2. The van der Waals surface area contributed by atoms with Crippen LogP contribution < -0.4 is 4.90 Å². The van der Waals surface area contributed by atoms with Crippen molar-refractivity contribution in [3.05, 3.63) is 253 Å². The van der Waals surface area contributed by atoms with Crippen molar-refractivity contribution in [3.8, 4) is 16.8 Å². The van der Waals surface area contributed by atoms with Gasteiger partial charge < -0.3 is 9.47 Å². The molecule has 12 rings (SSSR count). The number of nitrogens with zero attached hydrogens (tertiary/aromatic N) is 2. The predicted octanol–water partition coefficient (Wildman–Crippen LogP) is 14.9. The van der Waals surface area contributed by atoms with Crippen LogP contribution in [0.2, 0.25) is 0 Å². The Kier molecular flexibility index (Phi) is 7.48. The Morgan fingerprint density at radius 3 is 1.63 bits per heavy atom. The van der Waals surface area contributed by atoms with E-state index in [9.17, 15) is 0 Å². The number of hydrogen-bond donors (Lipinski definition) is 0. The van der Waals surface area contributed by atoms with Gasteiger partial charge in [-0.2, -0.15) is 0 Å². The van der Waals surface area contributed by atoms with Crippen molar-refractivity contribution in [1.82, 2.24) is 4.57 Å². The Morgan fingerprint density at radius 2 is 0.864 bits per heavy atom. The van der Waals surface area contributed by atoms with E-state index < -0.39 is 5.41 Å². The average molecular weight is 751 g/mol. The monoisotopic (exact) mass is 750 g/mol. The molecule has 2 nitrogen and oxygen atoms in total. The van der Waals surface area contributed by atoms with E-state index in [0.717, 1.165) is 22.7 Å². The Morgan fingerprint density at radius 1 is 0.339 bits per heavy atom. The minimum atomic E-state index is -0.567. The zero-order chi connectivity index (χ0) is 38.9. The smallest absolute Gasteiger partial charge is 0.0720 e. The number of rotatable bonds is 6. The Labute approximate surface area is 343 Å². The van der Waals surface area contributed by atoms with Crippen molar-refractivity contribution >= 4 is 60.4 Å². The van der Waals surface area contributed by atoms with Gasteiger partial charge in [0.15, 0.2) is 0 Å². The van der Waals surface area contributed by atoms with E-state index >= 15 is 0 Å². The fourth-order valence-electron chi connectivity index (χ4n) is 10.1. The van der Waals surface area contributed by atoms with E-state index in [-0.39, 0.29) is 0 Å². The predicted molar refractivity (Wildman–Crippen MR) is 248 cm³/mol. The van der Waals surface area contributed by atoms with Gasteiger partial charge in [-0.3, -0.25) is 0 Å². The third kappa shape index (κ3) is 5.00. The molecule has 0 saturated carbocycles. The number of benzene rings is 10. The molecule has 276 valence electrons. The summed E-state index contributed by atoms with van der Waals surface area (Å²) in [4.78, 5) is 2.46. The maximum Gasteiger partial charge on any atom is 0.0720 e. The molecule has 0 radical (unpaired) electrons. The summed E-state index contributed by atoms with van der Waals surface area (Å²) in [7, 11) is 0. The van der Waals surface area contributed by atoms with Gasteiger partial charge in [0, 0.05) is 33.5 Å². The minimum absolute atomic E-state index is 0.567. The summed E-state index contributed by atoms with van der Waals surface area (Å²) in [5, 5.41) is 7.43. The van der Waals surface area contributed by atoms with Gasteiger partial charge in [0.05, 0.1) is 16.4 Å². The summed E-state index contributed by atoms with van der Waals surface area (Å²) < 4.78 is 2.41. The molecule has 10 aromatic carbocycles. The molecule has 11 aromatic rings. The van der Waals surface area contributed by atoms with Gasteiger partial charge in [-0.1, -0.05) is 176 Å². The third-order valence-corrected chi connectivity index (χ3v) is 12.6. The topological polar surface area (TPSA) is 8.17 Å². The highest BCUT2D eigenvalue weighted by atomic mass is 15.1. The van der Waals surface area contributed by atoms with Crippen molar-refractivity contribution < 1.29 is 0 Å². The second-order valence-electron chi connectivity index (χ2n) is 15.7. The first kappa shape index (κ1) is 33.5. The molecule has 1 aromatic heterocycles. The van der Waals surface area contributed by atoms with Crippen LogP contribution in [0.1, 0.15) is 22.3 Å². The van der Waals surface area contributed by atoms with Crippen LogP contribution in [0, 0.1) is 0 Å². The molecule has 59 heavy (non-hydrogen) atoms. The van der Waals surface area contributed by atoms with Crippen LogP contribution in [-0.2, 0) is 5.41 Å². The highest BCUT2D eigenvalue weighted by Gasteiger charge is 2.47. The van der Waals surface area contributed by atoms with Crippen LogP contribution in [0.3, 0.4) is 0 Å². The van der Waals surface area contributed by atoms with E-state index in [1.54, 1.807) is 0 Å². The van der Waals surface area contributed by atoms with Crippen molar-refractivity contribution in [2.45, 2.75) is 5.41 Å². The Hall–Kier alpha value is -7.68. The van der Waals surface area contributed by atoms with Gasteiger partial charge in [-0.05, 0) is 110 Å². The van der Waals surface area contributed by atoms with Crippen molar-refractivity contribution in [1.29, 1.82) is 0 Å². The zero-order valence-electron chi connectivity index (χ0n) is 32.3. The lowest BCUT2D eigenvalue weighted by Gasteiger charge is -2.35. The molecule has 0 saturated heterocycles. The van der Waals surface area contributed by atoms with Crippen LogP contribution in [0.25, 0.3) is 60.2 Å². The standard InChI is InChI=1S/C57H38N2/c1-4-19-42(20-5-1)57(43-21-6-2-7-22-43)53-37-46(31-34-49(53)52-33-29-40-17-12-13-25-48(40)56(52)57)58(45-30-28-39-16-10-11-18-41(39)36-45)47-32-35-51-50-26-14-15-27-54(50)59(55(51)38-47)44-23-8-3-9-24-44/h1-38H. The molecule has 0 spiro atoms. The Balaban J connectivity index is 1.17. The summed E-state index contributed by atoms with van der Waals surface area (Å²) in [5.41, 5.74) is 13.9. The van der Waals surface area contributed by atoms with Crippen molar-refractivity contribution in [2.75, 3.05) is 4.90 Å². The summed E-state index contributed by atoms with van der Waals surface area (Å²) in [6, 6.07) is 85.0. The summed E-state index contributed by atoms with van der Waals surface area (Å²) in [6.07, 6.45) is 0. The van der Waals surface area contributed by atoms with E-state index in [1.807, 2.05) is 0 Å². The van der Waals surface area contributed by atoms with Gasteiger partial charge in [-0.25, -0.2) is 0 Å². The first-order valence-electron chi connectivity index (χ1n) is 20.4. The maximum absolute atomic E-state index is 2.48. The first-order chi connectivity index (χ1) is 29.3. The lowest BCUT2D eigenvalue weighted by atomic mass is 9.66. The summed E-state index contributed by atoms with van der Waals surface area (Å²) >= 11 is 0. The SMILES string of the molecule is c1ccc(-n2c3ccccc3c3ccc(N(c4ccc5c(c4)C(c4ccccc4)(c4ccccc4)c4c-5ccc5ccccc45)c4ccc5ccccc5c4)cc32)cc1. The number of hydrogen-bond acceptors (Lipinski definition) is 1. The summed E-state index contributed by atoms with van der Waals surface area (Å²) in [5.74, 6) is 0. The molecule has 1 aliphatic carbocycles. The molecule has 0 N–H and O–H groups in total. The molecule has 0 bridgehead atoms. The molecular weight excluding hydrogens is 713 g/mol. The van der Waals surface area contributed by atoms with Crippen LogP contribution in [0.4, 0.5) is 17.1 Å². The van der Waals surface area contributed by atoms with Gasteiger partial charge in [0.25, 0.3) is 0 Å². The number of anilines is 3. The molecule has 1 heterocycles. The molecule has 0 aliphatic heterocycles. The molecule has 0 fully saturated rings. The van der Waals surface area contributed by atoms with Crippen LogP contribution in [0.5, 0.6) is 0 Å². The molecule has 0 atom stereocenters. The van der Waals surface area contributed by atoms with Crippen molar-refractivity contribution in [3.63, 3.8) is 0 Å². The average Bonchev–Trinajstić information content (AvgIpc) is 3.80. The maximum atomic E-state index is 2.48. The van der Waals surface area contributed by atoms with Gasteiger partial charge in [-0.15, -0.1) is 0 Å². The minimum Gasteiger partial charge on any atom is -0.310 e. The number of fused-ring (bicyclic) bond motifs is 9. The lowest BCUT2D eigenvalue weighted by Crippen LogP contribution is -2.29. The highest BCUT2D eigenvalue weighted by molar-refractivity contribution is 6.10. The van der Waals surface area contributed by atoms with Gasteiger partial charge >= 0.3 is 0 Å². The lowest BCUT2D eigenvalue weighted by molar-refractivity contribution is 0.775. The van der Waals surface area contributed by atoms with Crippen molar-refractivity contribution in [2.24, 2.45) is 0 Å². The number of aromatic nitrogens is 1. The van der Waals surface area contributed by atoms with Crippen LogP contribution in [-0.4, -0.2) is 4.57 Å².